The maximum absolute atomic E-state index is 13.1. The molecule has 2 heterocycles. The number of hydrogen-bond acceptors (Lipinski definition) is 6. The lowest BCUT2D eigenvalue weighted by Crippen LogP contribution is -2.38. The smallest absolute Gasteiger partial charge is 0.405 e. The second-order valence-electron chi connectivity index (χ2n) is 8.17. The lowest BCUT2D eigenvalue weighted by atomic mass is 10.1. The van der Waals surface area contributed by atoms with Gasteiger partial charge in [-0.1, -0.05) is 42.5 Å². The molecule has 0 aliphatic carbocycles. The number of ether oxygens (including phenoxy) is 1. The fourth-order valence-corrected chi connectivity index (χ4v) is 4.48. The van der Waals surface area contributed by atoms with Gasteiger partial charge in [0.1, 0.15) is 11.4 Å². The molecule has 0 aliphatic rings. The summed E-state index contributed by atoms with van der Waals surface area (Å²) in [5, 5.41) is 2.40. The van der Waals surface area contributed by atoms with Gasteiger partial charge in [0.05, 0.1) is 11.4 Å². The number of carbonyl (C=O) groups is 2. The van der Waals surface area contributed by atoms with E-state index in [1.165, 1.54) is 19.1 Å². The van der Waals surface area contributed by atoms with Gasteiger partial charge in [0.2, 0.25) is 0 Å². The maximum atomic E-state index is 13.1. The average molecular weight is 544 g/mol. The first-order valence-corrected chi connectivity index (χ1v) is 12.0. The number of rotatable bonds is 8. The summed E-state index contributed by atoms with van der Waals surface area (Å²) >= 11 is 1.12. The number of halogens is 3. The minimum atomic E-state index is -4.99. The first kappa shape index (κ1) is 26.6. The molecule has 2 aromatic carbocycles. The molecule has 0 bridgehead atoms. The molecular formula is C26H20F3N3O5S. The van der Waals surface area contributed by atoms with Gasteiger partial charge in [-0.2, -0.15) is 0 Å². The van der Waals surface area contributed by atoms with Gasteiger partial charge >= 0.3 is 12.1 Å². The number of aromatic amines is 1. The predicted molar refractivity (Wildman–Crippen MR) is 134 cm³/mol. The number of Topliss-reactive ketones (excluding diaryl/α,β-unsaturated/α-hetero) is 1. The van der Waals surface area contributed by atoms with Crippen LogP contribution in [0.15, 0.2) is 76.3 Å². The van der Waals surface area contributed by atoms with E-state index in [2.05, 4.69) is 15.0 Å². The van der Waals surface area contributed by atoms with Crippen LogP contribution in [0.5, 0.6) is 5.75 Å². The second-order valence-corrected chi connectivity index (χ2v) is 9.25. The van der Waals surface area contributed by atoms with Gasteiger partial charge in [-0.05, 0) is 36.2 Å². The number of thiophene rings is 1. The van der Waals surface area contributed by atoms with E-state index in [4.69, 9.17) is 0 Å². The molecule has 0 saturated heterocycles. The molecule has 2 N–H and O–H groups in total. The fraction of sp³-hybridized carbons (Fsp3) is 0.154. The molecule has 0 radical (unpaired) electrons. The van der Waals surface area contributed by atoms with Crippen LogP contribution in [0.4, 0.5) is 13.2 Å². The highest BCUT2D eigenvalue weighted by Gasteiger charge is 2.32. The standard InChI is InChI=1S/C26H20F3N3O5S/c1-15(33)21-9-10-22(38-21)17-7-8-18(20(11-17)37-26(27,28)29)13-30-24(35)19-12-23(34)32(25(36)31-19)14-16-5-3-2-4-6-16/h2-12H,13-14H2,1H3,(H,30,35)(H,31,36). The van der Waals surface area contributed by atoms with Crippen molar-refractivity contribution in [2.75, 3.05) is 0 Å². The van der Waals surface area contributed by atoms with E-state index in [9.17, 15) is 32.3 Å². The maximum Gasteiger partial charge on any atom is 0.573 e. The normalized spacial score (nSPS) is 11.3. The molecular weight excluding hydrogens is 523 g/mol. The Kier molecular flexibility index (Phi) is 7.62. The Hall–Kier alpha value is -4.45. The van der Waals surface area contributed by atoms with Crippen molar-refractivity contribution in [3.05, 3.63) is 109 Å². The first-order chi connectivity index (χ1) is 18.0. The zero-order valence-electron chi connectivity index (χ0n) is 19.8. The van der Waals surface area contributed by atoms with Crippen molar-refractivity contribution in [2.24, 2.45) is 0 Å². The van der Waals surface area contributed by atoms with Gasteiger partial charge < -0.3 is 15.0 Å². The SMILES string of the molecule is CC(=O)c1ccc(-c2ccc(CNC(=O)c3cc(=O)n(Cc4ccccc4)c(=O)[nH]3)c(OC(F)(F)F)c2)s1. The van der Waals surface area contributed by atoms with E-state index in [1.54, 1.807) is 42.5 Å². The Morgan fingerprint density at radius 1 is 1.03 bits per heavy atom. The number of alkyl halides is 3. The van der Waals surface area contributed by atoms with E-state index >= 15 is 0 Å². The molecule has 8 nitrogen and oxygen atoms in total. The summed E-state index contributed by atoms with van der Waals surface area (Å²) in [6.45, 7) is 1.00. The van der Waals surface area contributed by atoms with Crippen LogP contribution < -0.4 is 21.3 Å². The first-order valence-electron chi connectivity index (χ1n) is 11.2. The average Bonchev–Trinajstić information content (AvgIpc) is 3.36. The molecule has 196 valence electrons. The molecule has 4 aromatic rings. The number of benzene rings is 2. The Bertz CT molecular complexity index is 1580. The van der Waals surface area contributed by atoms with Crippen molar-refractivity contribution < 1.29 is 27.5 Å². The third-order valence-corrected chi connectivity index (χ3v) is 6.65. The number of amides is 1. The van der Waals surface area contributed by atoms with Gasteiger partial charge in [0.15, 0.2) is 5.78 Å². The summed E-state index contributed by atoms with van der Waals surface area (Å²) in [7, 11) is 0. The zero-order chi connectivity index (χ0) is 27.4. The van der Waals surface area contributed by atoms with Gasteiger partial charge in [0, 0.05) is 23.1 Å². The van der Waals surface area contributed by atoms with Crippen LogP contribution in [0, 0.1) is 0 Å². The highest BCUT2D eigenvalue weighted by molar-refractivity contribution is 7.17. The van der Waals surface area contributed by atoms with E-state index in [0.29, 0.717) is 20.9 Å². The third-order valence-electron chi connectivity index (χ3n) is 5.42. The van der Waals surface area contributed by atoms with Crippen LogP contribution in [-0.2, 0) is 13.1 Å². The number of hydrogen-bond donors (Lipinski definition) is 2. The molecule has 38 heavy (non-hydrogen) atoms. The Morgan fingerprint density at radius 3 is 2.39 bits per heavy atom. The Balaban J connectivity index is 1.54. The molecule has 0 fully saturated rings. The van der Waals surface area contributed by atoms with Crippen molar-refractivity contribution in [1.29, 1.82) is 0 Å². The number of carbonyl (C=O) groups excluding carboxylic acids is 2. The van der Waals surface area contributed by atoms with E-state index in [1.807, 2.05) is 0 Å². The molecule has 0 unspecified atom stereocenters. The second kappa shape index (κ2) is 10.9. The van der Waals surface area contributed by atoms with Crippen molar-refractivity contribution in [1.82, 2.24) is 14.9 Å². The van der Waals surface area contributed by atoms with Crippen LogP contribution in [-0.4, -0.2) is 27.6 Å². The van der Waals surface area contributed by atoms with Gasteiger partial charge in [-0.3, -0.25) is 19.0 Å². The van der Waals surface area contributed by atoms with Crippen molar-refractivity contribution in [2.45, 2.75) is 26.4 Å². The summed E-state index contributed by atoms with van der Waals surface area (Å²) in [5.74, 6) is -1.57. The number of nitrogens with one attached hydrogen (secondary N) is 2. The molecule has 0 saturated carbocycles. The molecule has 0 spiro atoms. The van der Waals surface area contributed by atoms with E-state index < -0.39 is 29.3 Å². The van der Waals surface area contributed by atoms with Crippen LogP contribution in [0.2, 0.25) is 0 Å². The minimum absolute atomic E-state index is 0.000451. The number of nitrogens with zero attached hydrogens (tertiary/aromatic N) is 1. The molecule has 4 rings (SSSR count). The summed E-state index contributed by atoms with van der Waals surface area (Å²) in [4.78, 5) is 52.4. The summed E-state index contributed by atoms with van der Waals surface area (Å²) in [6.07, 6.45) is -4.99. The lowest BCUT2D eigenvalue weighted by molar-refractivity contribution is -0.274. The van der Waals surface area contributed by atoms with Crippen molar-refractivity contribution in [3.8, 4) is 16.2 Å². The minimum Gasteiger partial charge on any atom is -0.405 e. The highest BCUT2D eigenvalue weighted by Crippen LogP contribution is 2.34. The van der Waals surface area contributed by atoms with Crippen molar-refractivity contribution in [3.63, 3.8) is 0 Å². The van der Waals surface area contributed by atoms with E-state index in [-0.39, 0.29) is 30.1 Å². The highest BCUT2D eigenvalue weighted by atomic mass is 32.1. The van der Waals surface area contributed by atoms with Crippen LogP contribution in [0.1, 0.15) is 38.2 Å². The Labute approximate surface area is 217 Å². The quantitative estimate of drug-likeness (QED) is 0.321. The monoisotopic (exact) mass is 543 g/mol. The molecule has 1 amide bonds. The van der Waals surface area contributed by atoms with Gasteiger partial charge in [0.25, 0.3) is 11.5 Å². The zero-order valence-corrected chi connectivity index (χ0v) is 20.6. The van der Waals surface area contributed by atoms with E-state index in [0.717, 1.165) is 28.0 Å². The molecule has 2 aromatic heterocycles. The predicted octanol–water partition coefficient (Wildman–Crippen LogP) is 4.34. The van der Waals surface area contributed by atoms with Crippen LogP contribution >= 0.6 is 11.3 Å². The number of aromatic nitrogens is 2. The molecule has 0 aliphatic heterocycles. The molecule has 0 atom stereocenters. The lowest BCUT2D eigenvalue weighted by Gasteiger charge is -2.15. The van der Waals surface area contributed by atoms with Gasteiger partial charge in [-0.15, -0.1) is 24.5 Å². The summed E-state index contributed by atoms with van der Waals surface area (Å²) < 4.78 is 44.3. The largest absolute Gasteiger partial charge is 0.573 e. The van der Waals surface area contributed by atoms with Crippen molar-refractivity contribution >= 4 is 23.0 Å². The summed E-state index contributed by atoms with van der Waals surface area (Å²) in [5.41, 5.74) is -0.759. The number of ketones is 1. The van der Waals surface area contributed by atoms with Crippen LogP contribution in [0.3, 0.4) is 0 Å². The Morgan fingerprint density at radius 2 is 1.76 bits per heavy atom. The third kappa shape index (κ3) is 6.45. The number of H-pyrrole nitrogens is 1. The summed E-state index contributed by atoms with van der Waals surface area (Å²) in [6, 6.07) is 17.0. The molecule has 12 heteroatoms. The van der Waals surface area contributed by atoms with Crippen LogP contribution in [0.25, 0.3) is 10.4 Å². The van der Waals surface area contributed by atoms with Gasteiger partial charge in [-0.25, -0.2) is 4.79 Å². The topological polar surface area (TPSA) is 110 Å². The fourth-order valence-electron chi connectivity index (χ4n) is 3.58.